The molecule has 0 radical (unpaired) electrons. The smallest absolute Gasteiger partial charge is 0.339 e. The summed E-state index contributed by atoms with van der Waals surface area (Å²) in [6.45, 7) is 1.08. The Bertz CT molecular complexity index is 1280. The topological polar surface area (TPSA) is 107 Å². The van der Waals surface area contributed by atoms with E-state index < -0.39 is 18.5 Å². The van der Waals surface area contributed by atoms with Crippen LogP contribution in [0.15, 0.2) is 45.5 Å². The highest BCUT2D eigenvalue weighted by Crippen LogP contribution is 2.33. The van der Waals surface area contributed by atoms with Crippen molar-refractivity contribution < 1.29 is 23.3 Å². The number of hydrogen-bond donors (Lipinski definition) is 1. The summed E-state index contributed by atoms with van der Waals surface area (Å²) in [5.74, 6) is -0.984. The number of aryl methyl sites for hydroxylation is 1. The molecule has 4 rings (SSSR count). The molecule has 11 heteroatoms. The number of fused-ring (bicyclic) bond motifs is 1. The fourth-order valence-electron chi connectivity index (χ4n) is 2.85. The van der Waals surface area contributed by atoms with Gasteiger partial charge >= 0.3 is 5.97 Å². The van der Waals surface area contributed by atoms with Gasteiger partial charge in [0.15, 0.2) is 12.4 Å². The van der Waals surface area contributed by atoms with Gasteiger partial charge in [0.05, 0.1) is 38.6 Å². The van der Waals surface area contributed by atoms with Gasteiger partial charge in [0.1, 0.15) is 5.69 Å². The van der Waals surface area contributed by atoms with Crippen molar-refractivity contribution in [3.05, 3.63) is 62.9 Å². The van der Waals surface area contributed by atoms with Crippen LogP contribution in [0.4, 0.5) is 5.69 Å². The zero-order chi connectivity index (χ0) is 22.1. The van der Waals surface area contributed by atoms with Crippen molar-refractivity contribution in [2.24, 2.45) is 0 Å². The lowest BCUT2D eigenvalue weighted by atomic mass is 10.1. The maximum atomic E-state index is 12.8. The number of furan rings is 1. The fourth-order valence-corrected chi connectivity index (χ4v) is 3.76. The summed E-state index contributed by atoms with van der Waals surface area (Å²) in [6, 6.07) is 7.70. The number of carbonyl (C=O) groups is 2. The lowest BCUT2D eigenvalue weighted by Crippen LogP contribution is -2.21. The van der Waals surface area contributed by atoms with Crippen molar-refractivity contribution in [2.45, 2.75) is 6.92 Å². The van der Waals surface area contributed by atoms with Crippen LogP contribution in [0.25, 0.3) is 22.6 Å². The molecule has 3 heterocycles. The summed E-state index contributed by atoms with van der Waals surface area (Å²) in [6.07, 6.45) is 1.47. The van der Waals surface area contributed by atoms with Gasteiger partial charge in [-0.05, 0) is 37.3 Å². The molecule has 0 atom stereocenters. The van der Waals surface area contributed by atoms with E-state index in [9.17, 15) is 9.59 Å². The van der Waals surface area contributed by atoms with Crippen molar-refractivity contribution in [3.63, 3.8) is 0 Å². The third-order valence-corrected chi connectivity index (χ3v) is 5.03. The second-order valence-electron chi connectivity index (χ2n) is 6.35. The van der Waals surface area contributed by atoms with Crippen LogP contribution >= 0.6 is 34.8 Å². The van der Waals surface area contributed by atoms with Crippen molar-refractivity contribution in [1.29, 1.82) is 0 Å². The van der Waals surface area contributed by atoms with Crippen LogP contribution in [0.5, 0.6) is 0 Å². The quantitative estimate of drug-likeness (QED) is 0.373. The average molecular weight is 481 g/mol. The predicted octanol–water partition coefficient (Wildman–Crippen LogP) is 5.55. The summed E-state index contributed by atoms with van der Waals surface area (Å²) in [5, 5.41) is 7.33. The zero-order valence-electron chi connectivity index (χ0n) is 15.7. The van der Waals surface area contributed by atoms with Crippen LogP contribution in [0.3, 0.4) is 0 Å². The van der Waals surface area contributed by atoms with Gasteiger partial charge in [-0.15, -0.1) is 0 Å². The molecule has 0 fully saturated rings. The summed E-state index contributed by atoms with van der Waals surface area (Å²) in [5.41, 5.74) is 1.23. The number of hydrogen-bond acceptors (Lipinski definition) is 7. The van der Waals surface area contributed by atoms with E-state index in [-0.39, 0.29) is 27.0 Å². The molecule has 0 unspecified atom stereocenters. The number of amides is 1. The van der Waals surface area contributed by atoms with Crippen LogP contribution in [0.1, 0.15) is 16.1 Å². The maximum Gasteiger partial charge on any atom is 0.339 e. The molecule has 1 aromatic carbocycles. The molecule has 0 aliphatic rings. The number of rotatable bonds is 5. The molecular formula is C20H12Cl3N3O5. The molecule has 1 N–H and O–H groups in total. The monoisotopic (exact) mass is 479 g/mol. The van der Waals surface area contributed by atoms with Gasteiger partial charge in [0, 0.05) is 5.02 Å². The third-order valence-electron chi connectivity index (χ3n) is 4.22. The van der Waals surface area contributed by atoms with E-state index in [1.807, 2.05) is 0 Å². The van der Waals surface area contributed by atoms with Gasteiger partial charge in [-0.25, -0.2) is 9.78 Å². The van der Waals surface area contributed by atoms with Crippen LogP contribution in [0.2, 0.25) is 15.1 Å². The first-order valence-electron chi connectivity index (χ1n) is 8.76. The predicted molar refractivity (Wildman–Crippen MR) is 115 cm³/mol. The molecular weight excluding hydrogens is 469 g/mol. The molecule has 0 aliphatic heterocycles. The standard InChI is InChI=1S/C20H12Cl3N3O5/c1-9-17-11(7-14(15-3-2-4-29-15)24-19(17)31-26-9)20(28)30-8-16(27)25-18-12(22)5-10(21)6-13(18)23/h2-7H,8H2,1H3,(H,25,27). The number of nitrogens with one attached hydrogen (secondary N) is 1. The molecule has 0 saturated heterocycles. The number of benzene rings is 1. The SMILES string of the molecule is Cc1noc2nc(-c3ccco3)cc(C(=O)OCC(=O)Nc3c(Cl)cc(Cl)cc3Cl)c12. The number of carbonyl (C=O) groups excluding carboxylic acids is 2. The van der Waals surface area contributed by atoms with Crippen molar-refractivity contribution in [2.75, 3.05) is 11.9 Å². The highest BCUT2D eigenvalue weighted by Gasteiger charge is 2.22. The number of halogens is 3. The van der Waals surface area contributed by atoms with Crippen molar-refractivity contribution in [1.82, 2.24) is 10.1 Å². The Labute approximate surface area is 190 Å². The minimum atomic E-state index is -0.769. The molecule has 0 spiro atoms. The van der Waals surface area contributed by atoms with Gasteiger partial charge in [-0.1, -0.05) is 40.0 Å². The van der Waals surface area contributed by atoms with E-state index in [4.69, 9.17) is 48.5 Å². The maximum absolute atomic E-state index is 12.8. The van der Waals surface area contributed by atoms with Crippen LogP contribution in [-0.2, 0) is 9.53 Å². The van der Waals surface area contributed by atoms with E-state index in [0.717, 1.165) is 0 Å². The summed E-state index contributed by atoms with van der Waals surface area (Å²) in [4.78, 5) is 29.4. The Kier molecular flexibility index (Phi) is 5.86. The first-order chi connectivity index (χ1) is 14.8. The van der Waals surface area contributed by atoms with Crippen molar-refractivity contribution in [3.8, 4) is 11.5 Å². The normalized spacial score (nSPS) is 11.0. The number of esters is 1. The number of anilines is 1. The average Bonchev–Trinajstić information content (AvgIpc) is 3.38. The van der Waals surface area contributed by atoms with Gasteiger partial charge < -0.3 is 19.0 Å². The second kappa shape index (κ2) is 8.58. The first-order valence-corrected chi connectivity index (χ1v) is 9.89. The summed E-state index contributed by atoms with van der Waals surface area (Å²) < 4.78 is 15.7. The Morgan fingerprint density at radius 2 is 1.90 bits per heavy atom. The van der Waals surface area contributed by atoms with E-state index in [1.54, 1.807) is 19.1 Å². The van der Waals surface area contributed by atoms with E-state index in [1.165, 1.54) is 24.5 Å². The lowest BCUT2D eigenvalue weighted by molar-refractivity contribution is -0.119. The van der Waals surface area contributed by atoms with E-state index >= 15 is 0 Å². The molecule has 8 nitrogen and oxygen atoms in total. The number of pyridine rings is 1. The van der Waals surface area contributed by atoms with E-state index in [0.29, 0.717) is 27.6 Å². The van der Waals surface area contributed by atoms with Gasteiger partial charge in [-0.3, -0.25) is 4.79 Å². The Morgan fingerprint density at radius 3 is 2.58 bits per heavy atom. The van der Waals surface area contributed by atoms with Gasteiger partial charge in [0.25, 0.3) is 11.6 Å². The fraction of sp³-hybridized carbons (Fsp3) is 0.100. The molecule has 0 bridgehead atoms. The van der Waals surface area contributed by atoms with Gasteiger partial charge in [-0.2, -0.15) is 0 Å². The van der Waals surface area contributed by atoms with E-state index in [2.05, 4.69) is 15.5 Å². The number of nitrogens with zero attached hydrogens (tertiary/aromatic N) is 2. The Balaban J connectivity index is 1.55. The highest BCUT2D eigenvalue weighted by molar-refractivity contribution is 6.42. The summed E-state index contributed by atoms with van der Waals surface area (Å²) >= 11 is 18.0. The second-order valence-corrected chi connectivity index (χ2v) is 7.60. The molecule has 0 saturated carbocycles. The number of aromatic nitrogens is 2. The lowest BCUT2D eigenvalue weighted by Gasteiger charge is -2.10. The van der Waals surface area contributed by atoms with Crippen LogP contribution in [-0.4, -0.2) is 28.6 Å². The molecule has 1 amide bonds. The first kappa shape index (κ1) is 21.2. The zero-order valence-corrected chi connectivity index (χ0v) is 18.0. The number of ether oxygens (including phenoxy) is 1. The molecule has 4 aromatic rings. The molecule has 158 valence electrons. The van der Waals surface area contributed by atoms with Crippen molar-refractivity contribution >= 4 is 63.5 Å². The summed E-state index contributed by atoms with van der Waals surface area (Å²) in [7, 11) is 0. The third kappa shape index (κ3) is 4.36. The largest absolute Gasteiger partial charge is 0.463 e. The minimum absolute atomic E-state index is 0.130. The van der Waals surface area contributed by atoms with Crippen LogP contribution < -0.4 is 5.32 Å². The molecule has 3 aromatic heterocycles. The molecule has 31 heavy (non-hydrogen) atoms. The highest BCUT2D eigenvalue weighted by atomic mass is 35.5. The Morgan fingerprint density at radius 1 is 1.16 bits per heavy atom. The Hall–Kier alpha value is -3.07. The minimum Gasteiger partial charge on any atom is -0.463 e. The van der Waals surface area contributed by atoms with Gasteiger partial charge in [0.2, 0.25) is 0 Å². The van der Waals surface area contributed by atoms with Crippen LogP contribution in [0, 0.1) is 6.92 Å². The molecule has 0 aliphatic carbocycles.